The van der Waals surface area contributed by atoms with Gasteiger partial charge in [0.2, 0.25) is 5.89 Å². The molecule has 6 nitrogen and oxygen atoms in total. The lowest BCUT2D eigenvalue weighted by molar-refractivity contribution is 0.367. The minimum Gasteiger partial charge on any atom is -0.361 e. The molecule has 0 bridgehead atoms. The summed E-state index contributed by atoms with van der Waals surface area (Å²) < 4.78 is 10.1. The van der Waals surface area contributed by atoms with Crippen LogP contribution in [0, 0.1) is 6.92 Å². The molecule has 1 atom stereocenters. The van der Waals surface area contributed by atoms with E-state index in [4.69, 9.17) is 9.05 Å². The Bertz CT molecular complexity index is 477. The van der Waals surface area contributed by atoms with Gasteiger partial charge in [0.1, 0.15) is 5.76 Å². The van der Waals surface area contributed by atoms with Crippen LogP contribution in [0.25, 0.3) is 0 Å². The Kier molecular flexibility index (Phi) is 3.53. The van der Waals surface area contributed by atoms with E-state index in [0.29, 0.717) is 24.2 Å². The average Bonchev–Trinajstić information content (AvgIpc) is 2.89. The van der Waals surface area contributed by atoms with Gasteiger partial charge >= 0.3 is 0 Å². The van der Waals surface area contributed by atoms with E-state index in [1.54, 1.807) is 0 Å². The van der Waals surface area contributed by atoms with Crippen LogP contribution in [0.3, 0.4) is 0 Å². The van der Waals surface area contributed by atoms with Gasteiger partial charge in [-0.25, -0.2) is 0 Å². The van der Waals surface area contributed by atoms with Crippen LogP contribution in [0.5, 0.6) is 0 Å². The fourth-order valence-electron chi connectivity index (χ4n) is 1.48. The number of hydrogen-bond donors (Lipinski definition) is 1. The summed E-state index contributed by atoms with van der Waals surface area (Å²) >= 11 is 0. The van der Waals surface area contributed by atoms with Crippen molar-refractivity contribution in [3.63, 3.8) is 0 Å². The lowest BCUT2D eigenvalue weighted by Gasteiger charge is -2.04. The Morgan fingerprint density at radius 3 is 2.82 bits per heavy atom. The van der Waals surface area contributed by atoms with Gasteiger partial charge in [0.25, 0.3) is 0 Å². The van der Waals surface area contributed by atoms with Crippen molar-refractivity contribution in [2.45, 2.75) is 32.7 Å². The van der Waals surface area contributed by atoms with E-state index in [1.165, 1.54) is 0 Å². The number of aryl methyl sites for hydroxylation is 1. The predicted octanol–water partition coefficient (Wildman–Crippen LogP) is 1.11. The number of nitrogens with one attached hydrogen (secondary N) is 1. The molecular weight excluding hydrogens is 220 g/mol. The Morgan fingerprint density at radius 1 is 1.35 bits per heavy atom. The highest BCUT2D eigenvalue weighted by molar-refractivity contribution is 5.08. The molecule has 0 saturated heterocycles. The summed E-state index contributed by atoms with van der Waals surface area (Å²) in [6.07, 6.45) is 1.26. The first-order chi connectivity index (χ1) is 8.17. The summed E-state index contributed by atoms with van der Waals surface area (Å²) in [6.45, 7) is 3.92. The van der Waals surface area contributed by atoms with E-state index >= 15 is 0 Å². The van der Waals surface area contributed by atoms with Crippen LogP contribution in [0.1, 0.15) is 30.1 Å². The Morgan fingerprint density at radius 2 is 2.18 bits per heavy atom. The summed E-state index contributed by atoms with van der Waals surface area (Å²) in [5, 5.41) is 10.9. The first-order valence-corrected chi connectivity index (χ1v) is 5.58. The van der Waals surface area contributed by atoms with Crippen LogP contribution < -0.4 is 5.32 Å². The zero-order chi connectivity index (χ0) is 12.3. The number of aromatic nitrogens is 3. The molecule has 0 amide bonds. The number of nitrogens with zero attached hydrogens (tertiary/aromatic N) is 3. The standard InChI is InChI=1S/C11H16N4O2/c1-7(12-3)4-10-13-11(17-15-10)6-9-5-8(2)16-14-9/h5,7,12H,4,6H2,1-3H3. The zero-order valence-electron chi connectivity index (χ0n) is 10.2. The highest BCUT2D eigenvalue weighted by Crippen LogP contribution is 2.08. The number of rotatable bonds is 5. The molecule has 2 heterocycles. The van der Waals surface area contributed by atoms with Crippen LogP contribution in [0.15, 0.2) is 15.1 Å². The van der Waals surface area contributed by atoms with E-state index in [2.05, 4.69) is 27.5 Å². The van der Waals surface area contributed by atoms with Gasteiger partial charge in [-0.2, -0.15) is 4.98 Å². The van der Waals surface area contributed by atoms with Gasteiger partial charge in [-0.05, 0) is 20.9 Å². The van der Waals surface area contributed by atoms with Gasteiger partial charge in [0.15, 0.2) is 5.82 Å². The summed E-state index contributed by atoms with van der Waals surface area (Å²) in [5.41, 5.74) is 0.805. The summed E-state index contributed by atoms with van der Waals surface area (Å²) in [6, 6.07) is 2.19. The maximum atomic E-state index is 5.15. The van der Waals surface area contributed by atoms with Crippen LogP contribution in [0.2, 0.25) is 0 Å². The fourth-order valence-corrected chi connectivity index (χ4v) is 1.48. The highest BCUT2D eigenvalue weighted by atomic mass is 16.5. The van der Waals surface area contributed by atoms with E-state index < -0.39 is 0 Å². The molecule has 0 saturated carbocycles. The second kappa shape index (κ2) is 5.09. The van der Waals surface area contributed by atoms with E-state index in [9.17, 15) is 0 Å². The zero-order valence-corrected chi connectivity index (χ0v) is 10.2. The number of hydrogen-bond acceptors (Lipinski definition) is 6. The fraction of sp³-hybridized carbons (Fsp3) is 0.545. The second-order valence-corrected chi connectivity index (χ2v) is 4.10. The smallest absolute Gasteiger partial charge is 0.232 e. The van der Waals surface area contributed by atoms with Gasteiger partial charge in [-0.15, -0.1) is 0 Å². The molecule has 6 heteroatoms. The molecule has 0 fully saturated rings. The normalized spacial score (nSPS) is 12.9. The van der Waals surface area contributed by atoms with Crippen LogP contribution in [0.4, 0.5) is 0 Å². The highest BCUT2D eigenvalue weighted by Gasteiger charge is 2.11. The second-order valence-electron chi connectivity index (χ2n) is 4.10. The van der Waals surface area contributed by atoms with Gasteiger partial charge in [0.05, 0.1) is 12.1 Å². The maximum Gasteiger partial charge on any atom is 0.232 e. The van der Waals surface area contributed by atoms with Crippen molar-refractivity contribution in [1.29, 1.82) is 0 Å². The van der Waals surface area contributed by atoms with Crippen molar-refractivity contribution in [2.24, 2.45) is 0 Å². The summed E-state index contributed by atoms with van der Waals surface area (Å²) in [7, 11) is 1.91. The SMILES string of the molecule is CNC(C)Cc1noc(Cc2cc(C)on2)n1. The third-order valence-electron chi connectivity index (χ3n) is 2.50. The van der Waals surface area contributed by atoms with Crippen molar-refractivity contribution in [1.82, 2.24) is 20.6 Å². The Labute approximate surface area is 99.4 Å². The molecule has 2 aromatic rings. The van der Waals surface area contributed by atoms with Crippen LogP contribution >= 0.6 is 0 Å². The minimum absolute atomic E-state index is 0.328. The van der Waals surface area contributed by atoms with Gasteiger partial charge in [-0.1, -0.05) is 10.3 Å². The first-order valence-electron chi connectivity index (χ1n) is 5.58. The van der Waals surface area contributed by atoms with E-state index in [1.807, 2.05) is 20.0 Å². The van der Waals surface area contributed by atoms with Crippen molar-refractivity contribution in [3.8, 4) is 0 Å². The van der Waals surface area contributed by atoms with Gasteiger partial charge < -0.3 is 14.4 Å². The lowest BCUT2D eigenvalue weighted by atomic mass is 10.2. The van der Waals surface area contributed by atoms with E-state index in [0.717, 1.165) is 17.9 Å². The van der Waals surface area contributed by atoms with Crippen molar-refractivity contribution >= 4 is 0 Å². The molecule has 2 aromatic heterocycles. The predicted molar refractivity (Wildman–Crippen MR) is 60.6 cm³/mol. The summed E-state index contributed by atoms with van der Waals surface area (Å²) in [4.78, 5) is 4.30. The molecule has 17 heavy (non-hydrogen) atoms. The van der Waals surface area contributed by atoms with Gasteiger partial charge in [0, 0.05) is 18.5 Å². The molecule has 2 rings (SSSR count). The number of likely N-dealkylation sites (N-methyl/N-ethyl adjacent to an activating group) is 1. The molecule has 0 aromatic carbocycles. The van der Waals surface area contributed by atoms with Gasteiger partial charge in [-0.3, -0.25) is 0 Å². The van der Waals surface area contributed by atoms with E-state index in [-0.39, 0.29) is 0 Å². The molecule has 1 unspecified atom stereocenters. The van der Waals surface area contributed by atoms with Crippen molar-refractivity contribution in [3.05, 3.63) is 29.2 Å². The topological polar surface area (TPSA) is 77.0 Å². The molecule has 0 aliphatic carbocycles. The Balaban J connectivity index is 1.98. The average molecular weight is 236 g/mol. The lowest BCUT2D eigenvalue weighted by Crippen LogP contribution is -2.24. The molecule has 0 spiro atoms. The third-order valence-corrected chi connectivity index (χ3v) is 2.50. The quantitative estimate of drug-likeness (QED) is 0.837. The minimum atomic E-state index is 0.328. The molecule has 0 radical (unpaired) electrons. The van der Waals surface area contributed by atoms with Crippen molar-refractivity contribution < 1.29 is 9.05 Å². The monoisotopic (exact) mass is 236 g/mol. The first kappa shape index (κ1) is 11.8. The van der Waals surface area contributed by atoms with Crippen LogP contribution in [-0.2, 0) is 12.8 Å². The van der Waals surface area contributed by atoms with Crippen molar-refractivity contribution in [2.75, 3.05) is 7.05 Å². The summed E-state index contributed by atoms with van der Waals surface area (Å²) in [5.74, 6) is 2.06. The third kappa shape index (κ3) is 3.13. The molecule has 0 aliphatic heterocycles. The molecule has 92 valence electrons. The largest absolute Gasteiger partial charge is 0.361 e. The Hall–Kier alpha value is -1.69. The maximum absolute atomic E-state index is 5.15. The molecular formula is C11H16N4O2. The van der Waals surface area contributed by atoms with Crippen LogP contribution in [-0.4, -0.2) is 28.4 Å². The molecule has 0 aliphatic rings. The molecule has 1 N–H and O–H groups in total.